The van der Waals surface area contributed by atoms with E-state index >= 15 is 0 Å². The number of hydrogen-bond acceptors (Lipinski definition) is 4. The van der Waals surface area contributed by atoms with E-state index in [-0.39, 0.29) is 5.56 Å². The molecule has 0 fully saturated rings. The lowest BCUT2D eigenvalue weighted by molar-refractivity contribution is 0.901. The summed E-state index contributed by atoms with van der Waals surface area (Å²) in [7, 11) is 0. The first-order chi connectivity index (χ1) is 5.66. The molecule has 2 aromatic heterocycles. The van der Waals surface area contributed by atoms with Crippen molar-refractivity contribution in [2.45, 2.75) is 13.8 Å². The van der Waals surface area contributed by atoms with Crippen molar-refractivity contribution in [1.82, 2.24) is 14.6 Å². The summed E-state index contributed by atoms with van der Waals surface area (Å²) in [6.45, 7) is 3.66. The van der Waals surface area contributed by atoms with Crippen molar-refractivity contribution in [3.05, 3.63) is 27.1 Å². The monoisotopic (exact) mass is 181 g/mol. The van der Waals surface area contributed by atoms with Crippen molar-refractivity contribution in [3.8, 4) is 0 Å². The Morgan fingerprint density at radius 1 is 1.50 bits per heavy atom. The molecular weight excluding hydrogens is 174 g/mol. The van der Waals surface area contributed by atoms with Crippen molar-refractivity contribution in [3.63, 3.8) is 0 Å². The van der Waals surface area contributed by atoms with Gasteiger partial charge in [-0.2, -0.15) is 4.52 Å². The van der Waals surface area contributed by atoms with Crippen LogP contribution in [-0.2, 0) is 0 Å². The Hall–Kier alpha value is -1.23. The third-order valence-corrected chi connectivity index (χ3v) is 2.36. The number of rotatable bonds is 0. The van der Waals surface area contributed by atoms with Crippen molar-refractivity contribution in [2.75, 3.05) is 0 Å². The molecule has 4 nitrogen and oxygen atoms in total. The van der Waals surface area contributed by atoms with Gasteiger partial charge in [0, 0.05) is 10.9 Å². The van der Waals surface area contributed by atoms with Gasteiger partial charge in [0.25, 0.3) is 5.56 Å². The van der Waals surface area contributed by atoms with Gasteiger partial charge in [-0.15, -0.1) is 16.4 Å². The number of aromatic nitrogens is 3. The molecule has 0 aliphatic rings. The summed E-state index contributed by atoms with van der Waals surface area (Å²) in [5.74, 6) is 0.633. The van der Waals surface area contributed by atoms with Gasteiger partial charge >= 0.3 is 0 Å². The predicted octanol–water partition coefficient (Wildman–Crippen LogP) is 0.768. The van der Waals surface area contributed by atoms with Crippen LogP contribution < -0.4 is 5.56 Å². The highest BCUT2D eigenvalue weighted by Crippen LogP contribution is 2.08. The van der Waals surface area contributed by atoms with Gasteiger partial charge in [-0.25, -0.2) is 4.98 Å². The van der Waals surface area contributed by atoms with Crippen LogP contribution in [0.3, 0.4) is 0 Å². The van der Waals surface area contributed by atoms with Gasteiger partial charge in [0.2, 0.25) is 4.96 Å². The average molecular weight is 181 g/mol. The van der Waals surface area contributed by atoms with Crippen LogP contribution in [0, 0.1) is 13.8 Å². The molecule has 0 unspecified atom stereocenters. The van der Waals surface area contributed by atoms with Gasteiger partial charge in [0.15, 0.2) is 0 Å². The highest BCUT2D eigenvalue weighted by atomic mass is 32.1. The molecule has 0 amide bonds. The van der Waals surface area contributed by atoms with E-state index < -0.39 is 0 Å². The smallest absolute Gasteiger partial charge is 0.267 e. The van der Waals surface area contributed by atoms with Gasteiger partial charge in [-0.3, -0.25) is 4.79 Å². The molecule has 0 aromatic carbocycles. The van der Waals surface area contributed by atoms with Crippen molar-refractivity contribution in [1.29, 1.82) is 0 Å². The average Bonchev–Trinajstić information content (AvgIpc) is 2.29. The van der Waals surface area contributed by atoms with Crippen LogP contribution in [0.15, 0.2) is 10.9 Å². The van der Waals surface area contributed by atoms with Gasteiger partial charge in [-0.1, -0.05) is 0 Å². The molecule has 2 heterocycles. The molecular formula is C7H7N3OS. The zero-order valence-electron chi connectivity index (χ0n) is 6.74. The first-order valence-corrected chi connectivity index (χ1v) is 4.32. The highest BCUT2D eigenvalue weighted by Gasteiger charge is 2.02. The van der Waals surface area contributed by atoms with E-state index in [2.05, 4.69) is 10.1 Å². The van der Waals surface area contributed by atoms with Crippen LogP contribution >= 0.6 is 11.3 Å². The molecule has 0 radical (unpaired) electrons. The second kappa shape index (κ2) is 2.38. The van der Waals surface area contributed by atoms with Crippen LogP contribution in [-0.4, -0.2) is 14.6 Å². The predicted molar refractivity (Wildman–Crippen MR) is 46.6 cm³/mol. The molecule has 2 aromatic rings. The Kier molecular flexibility index (Phi) is 1.47. The largest absolute Gasteiger partial charge is 0.274 e. The fourth-order valence-electron chi connectivity index (χ4n) is 1.01. The maximum atomic E-state index is 11.3. The molecule has 5 heteroatoms. The van der Waals surface area contributed by atoms with Gasteiger partial charge in [0.1, 0.15) is 5.82 Å². The molecule has 0 aliphatic heterocycles. The number of fused-ring (bicyclic) bond motifs is 1. The highest BCUT2D eigenvalue weighted by molar-refractivity contribution is 7.16. The van der Waals surface area contributed by atoms with Crippen LogP contribution in [0.4, 0.5) is 0 Å². The standard InChI is InChI=1S/C7H7N3OS/c1-4-3-6(11)10-7(12-4)8-5(2)9-10/h3H,1-2H3. The van der Waals surface area contributed by atoms with Crippen LogP contribution in [0.25, 0.3) is 4.96 Å². The normalized spacial score (nSPS) is 10.8. The molecule has 0 N–H and O–H groups in total. The molecule has 0 saturated heterocycles. The SMILES string of the molecule is Cc1nc2sc(C)cc(=O)n2n1. The van der Waals surface area contributed by atoms with E-state index in [1.165, 1.54) is 15.9 Å². The summed E-state index contributed by atoms with van der Waals surface area (Å²) in [5.41, 5.74) is -0.109. The van der Waals surface area contributed by atoms with E-state index in [1.54, 1.807) is 13.0 Å². The maximum Gasteiger partial charge on any atom is 0.274 e. The summed E-state index contributed by atoms with van der Waals surface area (Å²) in [6.07, 6.45) is 0. The summed E-state index contributed by atoms with van der Waals surface area (Å²) >= 11 is 1.47. The molecule has 0 aliphatic carbocycles. The minimum atomic E-state index is -0.109. The van der Waals surface area contributed by atoms with Gasteiger partial charge in [0.05, 0.1) is 0 Å². The number of aryl methyl sites for hydroxylation is 2. The first-order valence-electron chi connectivity index (χ1n) is 3.51. The number of nitrogens with zero attached hydrogens (tertiary/aromatic N) is 3. The Balaban J connectivity index is 2.98. The van der Waals surface area contributed by atoms with Crippen LogP contribution in [0.5, 0.6) is 0 Å². The topological polar surface area (TPSA) is 47.3 Å². The fourth-order valence-corrected chi connectivity index (χ4v) is 1.86. The molecule has 62 valence electrons. The summed E-state index contributed by atoms with van der Waals surface area (Å²) < 4.78 is 1.33. The van der Waals surface area contributed by atoms with Gasteiger partial charge in [-0.05, 0) is 13.8 Å². The lowest BCUT2D eigenvalue weighted by atomic mass is 10.5. The van der Waals surface area contributed by atoms with Crippen LogP contribution in [0.2, 0.25) is 0 Å². The molecule has 0 atom stereocenters. The summed E-state index contributed by atoms with van der Waals surface area (Å²) in [5, 5.41) is 3.96. The molecule has 2 rings (SSSR count). The van der Waals surface area contributed by atoms with E-state index in [0.29, 0.717) is 10.8 Å². The van der Waals surface area contributed by atoms with Crippen molar-refractivity contribution in [2.24, 2.45) is 0 Å². The van der Waals surface area contributed by atoms with E-state index in [0.717, 1.165) is 4.88 Å². The van der Waals surface area contributed by atoms with Gasteiger partial charge < -0.3 is 0 Å². The first kappa shape index (κ1) is 7.42. The maximum absolute atomic E-state index is 11.3. The quantitative estimate of drug-likeness (QED) is 0.603. The molecule has 0 saturated carbocycles. The second-order valence-corrected chi connectivity index (χ2v) is 3.76. The van der Waals surface area contributed by atoms with Crippen LogP contribution in [0.1, 0.15) is 10.7 Å². The zero-order chi connectivity index (χ0) is 8.72. The van der Waals surface area contributed by atoms with E-state index in [4.69, 9.17) is 0 Å². The molecule has 0 bridgehead atoms. The Morgan fingerprint density at radius 2 is 2.25 bits per heavy atom. The fraction of sp³-hybridized carbons (Fsp3) is 0.286. The molecule has 12 heavy (non-hydrogen) atoms. The van der Waals surface area contributed by atoms with E-state index in [1.807, 2.05) is 6.92 Å². The lowest BCUT2D eigenvalue weighted by Crippen LogP contribution is -2.11. The van der Waals surface area contributed by atoms with E-state index in [9.17, 15) is 4.79 Å². The minimum absolute atomic E-state index is 0.109. The minimum Gasteiger partial charge on any atom is -0.267 e. The zero-order valence-corrected chi connectivity index (χ0v) is 7.55. The van der Waals surface area contributed by atoms with Crippen molar-refractivity contribution >= 4 is 16.3 Å². The van der Waals surface area contributed by atoms with Crippen molar-refractivity contribution < 1.29 is 0 Å². The third-order valence-electron chi connectivity index (χ3n) is 1.47. The lowest BCUT2D eigenvalue weighted by Gasteiger charge is -1.89. The number of hydrogen-bond donors (Lipinski definition) is 0. The second-order valence-electron chi connectivity index (χ2n) is 2.55. The Bertz CT molecular complexity index is 485. The summed E-state index contributed by atoms with van der Waals surface area (Å²) in [4.78, 5) is 17.0. The molecule has 0 spiro atoms. The Labute approximate surface area is 72.5 Å². The third kappa shape index (κ3) is 1.02. The Morgan fingerprint density at radius 3 is 3.00 bits per heavy atom. The summed E-state index contributed by atoms with van der Waals surface area (Å²) in [6, 6.07) is 1.56.